The summed E-state index contributed by atoms with van der Waals surface area (Å²) in [5, 5.41) is 3.26. The van der Waals surface area contributed by atoms with E-state index in [4.69, 9.17) is 4.74 Å². The predicted molar refractivity (Wildman–Crippen MR) is 139 cm³/mol. The van der Waals surface area contributed by atoms with Gasteiger partial charge in [-0.25, -0.2) is 8.78 Å². The maximum Gasteiger partial charge on any atom is 0.401 e. The van der Waals surface area contributed by atoms with Crippen molar-refractivity contribution >= 4 is 5.69 Å². The molecule has 3 heterocycles. The quantitative estimate of drug-likeness (QED) is 0.395. The molecule has 3 aromatic carbocycles. The number of nitrogens with zero attached hydrogens (tertiary/aromatic N) is 2. The van der Waals surface area contributed by atoms with Crippen molar-refractivity contribution in [3.8, 4) is 5.75 Å². The number of rotatable bonds is 6. The number of anilines is 1. The Labute approximate surface area is 224 Å². The number of halogens is 5. The molecule has 3 aliphatic rings. The van der Waals surface area contributed by atoms with Crippen LogP contribution < -0.4 is 15.0 Å². The molecule has 1 spiro atoms. The lowest BCUT2D eigenvalue weighted by molar-refractivity contribution is -0.150. The molecule has 4 nitrogen and oxygen atoms in total. The molecule has 39 heavy (non-hydrogen) atoms. The first-order valence-corrected chi connectivity index (χ1v) is 13.2. The number of ether oxygens (including phenoxy) is 1. The second-order valence-corrected chi connectivity index (χ2v) is 11.0. The van der Waals surface area contributed by atoms with Gasteiger partial charge < -0.3 is 15.0 Å². The molecule has 206 valence electrons. The molecule has 0 aliphatic carbocycles. The van der Waals surface area contributed by atoms with Crippen molar-refractivity contribution in [3.63, 3.8) is 0 Å². The van der Waals surface area contributed by atoms with Gasteiger partial charge in [0.2, 0.25) is 0 Å². The van der Waals surface area contributed by atoms with E-state index in [1.165, 1.54) is 12.1 Å². The van der Waals surface area contributed by atoms with Crippen molar-refractivity contribution in [1.82, 2.24) is 10.2 Å². The number of alkyl halides is 3. The van der Waals surface area contributed by atoms with Crippen LogP contribution in [0.25, 0.3) is 0 Å². The molecule has 9 heteroatoms. The summed E-state index contributed by atoms with van der Waals surface area (Å²) in [6.07, 6.45) is -3.26. The Kier molecular flexibility index (Phi) is 6.75. The van der Waals surface area contributed by atoms with Gasteiger partial charge in [-0.2, -0.15) is 13.2 Å². The highest BCUT2D eigenvalue weighted by molar-refractivity contribution is 5.53. The van der Waals surface area contributed by atoms with Crippen LogP contribution in [0.15, 0.2) is 60.7 Å². The SMILES string of the molecule is Fc1cc(N2CCC3(CNC3)C2)cc(F)c1C1c2ccc(OCc3ccccc3)cc2CCN1CC(F)(F)F. The average Bonchev–Trinajstić information content (AvgIpc) is 3.35. The first-order chi connectivity index (χ1) is 18.7. The zero-order valence-electron chi connectivity index (χ0n) is 21.4. The van der Waals surface area contributed by atoms with Crippen molar-refractivity contribution in [3.05, 3.63) is 94.6 Å². The fourth-order valence-electron chi connectivity index (χ4n) is 6.16. The lowest BCUT2D eigenvalue weighted by Gasteiger charge is -2.39. The third-order valence-corrected chi connectivity index (χ3v) is 8.21. The predicted octanol–water partition coefficient (Wildman–Crippen LogP) is 5.85. The van der Waals surface area contributed by atoms with Crippen molar-refractivity contribution in [2.45, 2.75) is 31.7 Å². The molecule has 0 aromatic heterocycles. The number of benzene rings is 3. The summed E-state index contributed by atoms with van der Waals surface area (Å²) < 4.78 is 78.0. The lowest BCUT2D eigenvalue weighted by Crippen LogP contribution is -2.54. The highest BCUT2D eigenvalue weighted by Crippen LogP contribution is 2.42. The normalized spacial score (nSPS) is 20.6. The van der Waals surface area contributed by atoms with Gasteiger partial charge in [0.15, 0.2) is 0 Å². The summed E-state index contributed by atoms with van der Waals surface area (Å²) in [6.45, 7) is 2.26. The van der Waals surface area contributed by atoms with Crippen molar-refractivity contribution in [2.75, 3.05) is 44.2 Å². The van der Waals surface area contributed by atoms with Crippen LogP contribution in [0.1, 0.15) is 34.7 Å². The van der Waals surface area contributed by atoms with Crippen LogP contribution in [-0.4, -0.2) is 50.3 Å². The van der Waals surface area contributed by atoms with E-state index in [-0.39, 0.29) is 17.5 Å². The fraction of sp³-hybridized carbons (Fsp3) is 0.400. The van der Waals surface area contributed by atoms with E-state index >= 15 is 8.78 Å². The van der Waals surface area contributed by atoms with Crippen LogP contribution in [0.4, 0.5) is 27.6 Å². The van der Waals surface area contributed by atoms with Crippen LogP contribution in [0, 0.1) is 17.0 Å². The largest absolute Gasteiger partial charge is 0.489 e. The van der Waals surface area contributed by atoms with Gasteiger partial charge >= 0.3 is 6.18 Å². The molecule has 3 aliphatic heterocycles. The van der Waals surface area contributed by atoms with Gasteiger partial charge in [0, 0.05) is 49.4 Å². The minimum absolute atomic E-state index is 0.0155. The Hall–Kier alpha value is -3.17. The molecule has 2 saturated heterocycles. The number of hydrogen-bond donors (Lipinski definition) is 1. The molecule has 3 aromatic rings. The van der Waals surface area contributed by atoms with Gasteiger partial charge in [-0.3, -0.25) is 4.90 Å². The van der Waals surface area contributed by atoms with Crippen LogP contribution >= 0.6 is 0 Å². The molecule has 2 fully saturated rings. The van der Waals surface area contributed by atoms with Gasteiger partial charge in [-0.15, -0.1) is 0 Å². The molecule has 1 unspecified atom stereocenters. The molecular weight excluding hydrogens is 513 g/mol. The second-order valence-electron chi connectivity index (χ2n) is 11.0. The van der Waals surface area contributed by atoms with Crippen LogP contribution in [0.2, 0.25) is 0 Å². The summed E-state index contributed by atoms with van der Waals surface area (Å²) in [5.74, 6) is -1.09. The van der Waals surface area contributed by atoms with Crippen LogP contribution in [-0.2, 0) is 13.0 Å². The van der Waals surface area contributed by atoms with E-state index < -0.39 is 30.4 Å². The third-order valence-electron chi connectivity index (χ3n) is 8.21. The van der Waals surface area contributed by atoms with E-state index in [0.717, 1.165) is 35.5 Å². The Morgan fingerprint density at radius 3 is 2.33 bits per heavy atom. The van der Waals surface area contributed by atoms with E-state index in [1.54, 1.807) is 18.2 Å². The Morgan fingerprint density at radius 1 is 0.949 bits per heavy atom. The Balaban J connectivity index is 1.31. The molecule has 6 rings (SSSR count). The van der Waals surface area contributed by atoms with Gasteiger partial charge in [-0.1, -0.05) is 36.4 Å². The minimum Gasteiger partial charge on any atom is -0.489 e. The molecule has 1 N–H and O–H groups in total. The van der Waals surface area contributed by atoms with Crippen LogP contribution in [0.5, 0.6) is 5.75 Å². The standard InChI is InChI=1S/C30H30F5N3O/c31-25-13-22(37-11-9-29(18-37)16-36-17-29)14-26(32)27(25)28-24-7-6-23(39-15-20-4-2-1-3-5-20)12-21(24)8-10-38(28)19-30(33,34)35/h1-7,12-14,28,36H,8-11,15-19H2. The molecule has 1 atom stereocenters. The lowest BCUT2D eigenvalue weighted by atomic mass is 9.81. The monoisotopic (exact) mass is 543 g/mol. The van der Waals surface area contributed by atoms with Gasteiger partial charge in [0.05, 0.1) is 12.6 Å². The first-order valence-electron chi connectivity index (χ1n) is 13.2. The molecular formula is C30H30F5N3O. The van der Waals surface area contributed by atoms with E-state index in [1.807, 2.05) is 35.2 Å². The molecule has 0 bridgehead atoms. The maximum absolute atomic E-state index is 15.7. The van der Waals surface area contributed by atoms with Crippen molar-refractivity contribution in [2.24, 2.45) is 5.41 Å². The summed E-state index contributed by atoms with van der Waals surface area (Å²) in [7, 11) is 0. The Bertz CT molecular complexity index is 1320. The topological polar surface area (TPSA) is 27.7 Å². The third kappa shape index (κ3) is 5.34. The number of fused-ring (bicyclic) bond motifs is 1. The van der Waals surface area contributed by atoms with Gasteiger partial charge in [-0.05, 0) is 53.8 Å². The van der Waals surface area contributed by atoms with E-state index in [9.17, 15) is 13.2 Å². The highest BCUT2D eigenvalue weighted by Gasteiger charge is 2.44. The summed E-state index contributed by atoms with van der Waals surface area (Å²) >= 11 is 0. The van der Waals surface area contributed by atoms with Crippen molar-refractivity contribution in [1.29, 1.82) is 0 Å². The summed E-state index contributed by atoms with van der Waals surface area (Å²) in [6, 6.07) is 16.0. The maximum atomic E-state index is 15.7. The number of hydrogen-bond acceptors (Lipinski definition) is 4. The average molecular weight is 544 g/mol. The first kappa shape index (κ1) is 26.1. The number of nitrogens with one attached hydrogen (secondary N) is 1. The van der Waals surface area contributed by atoms with Crippen LogP contribution in [0.3, 0.4) is 0 Å². The van der Waals surface area contributed by atoms with E-state index in [0.29, 0.717) is 43.1 Å². The minimum atomic E-state index is -4.51. The molecule has 0 saturated carbocycles. The smallest absolute Gasteiger partial charge is 0.401 e. The molecule has 0 radical (unpaired) electrons. The summed E-state index contributed by atoms with van der Waals surface area (Å²) in [4.78, 5) is 3.09. The van der Waals surface area contributed by atoms with Crippen molar-refractivity contribution < 1.29 is 26.7 Å². The zero-order chi connectivity index (χ0) is 27.2. The second kappa shape index (κ2) is 10.1. The Morgan fingerprint density at radius 2 is 1.69 bits per heavy atom. The summed E-state index contributed by atoms with van der Waals surface area (Å²) in [5.41, 5.74) is 2.39. The van der Waals surface area contributed by atoms with E-state index in [2.05, 4.69) is 5.32 Å². The highest BCUT2D eigenvalue weighted by atomic mass is 19.4. The van der Waals surface area contributed by atoms with Gasteiger partial charge in [0.25, 0.3) is 0 Å². The zero-order valence-corrected chi connectivity index (χ0v) is 21.4. The van der Waals surface area contributed by atoms with Gasteiger partial charge in [0.1, 0.15) is 24.0 Å². The fourth-order valence-corrected chi connectivity index (χ4v) is 6.16. The molecule has 0 amide bonds.